The van der Waals surface area contributed by atoms with Gasteiger partial charge in [0.15, 0.2) is 0 Å². The van der Waals surface area contributed by atoms with Crippen molar-refractivity contribution in [1.29, 1.82) is 0 Å². The van der Waals surface area contributed by atoms with Gasteiger partial charge in [0.05, 0.1) is 6.61 Å². The molecule has 160 valence electrons. The molecular weight excluding hydrogens is 382 g/mol. The van der Waals surface area contributed by atoms with Gasteiger partial charge in [0.2, 0.25) is 5.82 Å². The van der Waals surface area contributed by atoms with E-state index in [0.29, 0.717) is 17.5 Å². The van der Waals surface area contributed by atoms with Crippen LogP contribution in [0.25, 0.3) is 22.8 Å². The molecule has 0 saturated heterocycles. The van der Waals surface area contributed by atoms with Crippen LogP contribution >= 0.6 is 0 Å². The van der Waals surface area contributed by atoms with Crippen LogP contribution in [0.5, 0.6) is 5.75 Å². The SMILES string of the molecule is CCCc1cc(-c2nc(-c3cc(C)c(OC[C@H](O)CO)c(CC)c3)no2)cc(C)n1. The maximum atomic E-state index is 9.58. The van der Waals surface area contributed by atoms with Crippen molar-refractivity contribution < 1.29 is 19.5 Å². The molecule has 7 heteroatoms. The standard InChI is InChI=1S/C23H29N3O4/c1-5-7-19-11-18(9-15(4)24-19)23-25-22(26-30-23)17-8-14(3)21(16(6-2)10-17)29-13-20(28)12-27/h8-11,20,27-28H,5-7,12-13H2,1-4H3/t20-/m1/s1. The Morgan fingerprint density at radius 3 is 2.57 bits per heavy atom. The largest absolute Gasteiger partial charge is 0.490 e. The number of hydrogen-bond donors (Lipinski definition) is 2. The first-order valence-electron chi connectivity index (χ1n) is 10.3. The van der Waals surface area contributed by atoms with Crippen LogP contribution in [0.15, 0.2) is 28.8 Å². The maximum Gasteiger partial charge on any atom is 0.258 e. The summed E-state index contributed by atoms with van der Waals surface area (Å²) in [7, 11) is 0. The molecule has 0 aliphatic heterocycles. The molecule has 0 bridgehead atoms. The molecule has 2 heterocycles. The summed E-state index contributed by atoms with van der Waals surface area (Å²) in [5, 5.41) is 22.8. The predicted octanol–water partition coefficient (Wildman–Crippen LogP) is 3.66. The lowest BCUT2D eigenvalue weighted by molar-refractivity contribution is 0.0531. The molecule has 3 rings (SSSR count). The molecule has 0 saturated carbocycles. The predicted molar refractivity (Wildman–Crippen MR) is 114 cm³/mol. The van der Waals surface area contributed by atoms with Gasteiger partial charge in [-0.1, -0.05) is 25.4 Å². The highest BCUT2D eigenvalue weighted by Gasteiger charge is 2.16. The van der Waals surface area contributed by atoms with Gasteiger partial charge in [0, 0.05) is 22.5 Å². The number of nitrogens with zero attached hydrogens (tertiary/aromatic N) is 3. The molecule has 0 radical (unpaired) electrons. The molecule has 3 aromatic rings. The summed E-state index contributed by atoms with van der Waals surface area (Å²) in [4.78, 5) is 9.16. The van der Waals surface area contributed by atoms with Crippen molar-refractivity contribution in [1.82, 2.24) is 15.1 Å². The van der Waals surface area contributed by atoms with Crippen LogP contribution < -0.4 is 4.74 Å². The molecule has 2 aromatic heterocycles. The molecular formula is C23H29N3O4. The van der Waals surface area contributed by atoms with Gasteiger partial charge in [-0.05, 0) is 62.1 Å². The minimum absolute atomic E-state index is 0.0392. The van der Waals surface area contributed by atoms with Crippen molar-refractivity contribution in [2.24, 2.45) is 0 Å². The third kappa shape index (κ3) is 5.04. The van der Waals surface area contributed by atoms with Crippen LogP contribution in [0.1, 0.15) is 42.8 Å². The lowest BCUT2D eigenvalue weighted by Crippen LogP contribution is -2.22. The normalized spacial score (nSPS) is 12.2. The summed E-state index contributed by atoms with van der Waals surface area (Å²) in [6.07, 6.45) is 1.76. The highest BCUT2D eigenvalue weighted by Crippen LogP contribution is 2.31. The fourth-order valence-electron chi connectivity index (χ4n) is 3.38. The molecule has 2 N–H and O–H groups in total. The van der Waals surface area contributed by atoms with Gasteiger partial charge in [0.25, 0.3) is 5.89 Å². The Balaban J connectivity index is 1.91. The minimum Gasteiger partial charge on any atom is -0.490 e. The van der Waals surface area contributed by atoms with E-state index < -0.39 is 6.10 Å². The van der Waals surface area contributed by atoms with Crippen molar-refractivity contribution in [3.8, 4) is 28.6 Å². The van der Waals surface area contributed by atoms with Crippen LogP contribution in [-0.4, -0.2) is 44.7 Å². The van der Waals surface area contributed by atoms with E-state index in [1.807, 2.05) is 45.0 Å². The average molecular weight is 412 g/mol. The van der Waals surface area contributed by atoms with E-state index in [-0.39, 0.29) is 13.2 Å². The Labute approximate surface area is 176 Å². The van der Waals surface area contributed by atoms with E-state index in [1.165, 1.54) is 0 Å². The summed E-state index contributed by atoms with van der Waals surface area (Å²) in [5.74, 6) is 1.69. The molecule has 7 nitrogen and oxygen atoms in total. The lowest BCUT2D eigenvalue weighted by atomic mass is 10.0. The van der Waals surface area contributed by atoms with Gasteiger partial charge in [-0.2, -0.15) is 4.98 Å². The average Bonchev–Trinajstić information content (AvgIpc) is 3.22. The van der Waals surface area contributed by atoms with Crippen molar-refractivity contribution in [3.63, 3.8) is 0 Å². The summed E-state index contributed by atoms with van der Waals surface area (Å²) >= 11 is 0. The smallest absolute Gasteiger partial charge is 0.258 e. The topological polar surface area (TPSA) is 102 Å². The number of aromatic nitrogens is 3. The third-order valence-corrected chi connectivity index (χ3v) is 4.81. The Bertz CT molecular complexity index is 1000. The first-order chi connectivity index (χ1) is 14.4. The van der Waals surface area contributed by atoms with E-state index in [0.717, 1.165) is 52.9 Å². The molecule has 0 amide bonds. The van der Waals surface area contributed by atoms with Crippen molar-refractivity contribution in [3.05, 3.63) is 46.8 Å². The number of aliphatic hydroxyl groups excluding tert-OH is 2. The first-order valence-corrected chi connectivity index (χ1v) is 10.3. The number of benzene rings is 1. The lowest BCUT2D eigenvalue weighted by Gasteiger charge is -2.16. The molecule has 1 aromatic carbocycles. The Kier molecular flexibility index (Phi) is 7.18. The zero-order chi connectivity index (χ0) is 21.7. The summed E-state index contributed by atoms with van der Waals surface area (Å²) in [5.41, 5.74) is 5.54. The van der Waals surface area contributed by atoms with E-state index in [2.05, 4.69) is 22.0 Å². The van der Waals surface area contributed by atoms with Crippen LogP contribution in [-0.2, 0) is 12.8 Å². The third-order valence-electron chi connectivity index (χ3n) is 4.81. The number of rotatable bonds is 9. The van der Waals surface area contributed by atoms with Gasteiger partial charge in [-0.15, -0.1) is 0 Å². The zero-order valence-electron chi connectivity index (χ0n) is 18.0. The monoisotopic (exact) mass is 411 g/mol. The second-order valence-corrected chi connectivity index (χ2v) is 7.44. The quantitative estimate of drug-likeness (QED) is 0.554. The van der Waals surface area contributed by atoms with Gasteiger partial charge in [-0.25, -0.2) is 0 Å². The maximum absolute atomic E-state index is 9.58. The van der Waals surface area contributed by atoms with Crippen molar-refractivity contribution in [2.45, 2.75) is 53.1 Å². The van der Waals surface area contributed by atoms with Crippen LogP contribution in [0.4, 0.5) is 0 Å². The van der Waals surface area contributed by atoms with Gasteiger partial charge in [-0.3, -0.25) is 4.98 Å². The summed E-state index contributed by atoms with van der Waals surface area (Å²) in [6, 6.07) is 7.86. The fraction of sp³-hybridized carbons (Fsp3) is 0.435. The number of ether oxygens (including phenoxy) is 1. The van der Waals surface area contributed by atoms with Crippen LogP contribution in [0.3, 0.4) is 0 Å². The highest BCUT2D eigenvalue weighted by atomic mass is 16.5. The molecule has 0 fully saturated rings. The highest BCUT2D eigenvalue weighted by molar-refractivity contribution is 5.64. The van der Waals surface area contributed by atoms with E-state index in [9.17, 15) is 5.11 Å². The van der Waals surface area contributed by atoms with E-state index >= 15 is 0 Å². The Morgan fingerprint density at radius 1 is 1.07 bits per heavy atom. The van der Waals surface area contributed by atoms with Crippen LogP contribution in [0, 0.1) is 13.8 Å². The van der Waals surface area contributed by atoms with E-state index in [4.69, 9.17) is 14.4 Å². The minimum atomic E-state index is -0.907. The number of aliphatic hydroxyl groups is 2. The Hall–Kier alpha value is -2.77. The first kappa shape index (κ1) is 21.9. The molecule has 0 aliphatic rings. The van der Waals surface area contributed by atoms with Crippen LogP contribution in [0.2, 0.25) is 0 Å². The summed E-state index contributed by atoms with van der Waals surface area (Å²) in [6.45, 7) is 7.76. The molecule has 1 atom stereocenters. The van der Waals surface area contributed by atoms with Crippen molar-refractivity contribution in [2.75, 3.05) is 13.2 Å². The van der Waals surface area contributed by atoms with Gasteiger partial charge in [0.1, 0.15) is 18.5 Å². The zero-order valence-corrected chi connectivity index (χ0v) is 18.0. The van der Waals surface area contributed by atoms with E-state index in [1.54, 1.807) is 0 Å². The number of hydrogen-bond acceptors (Lipinski definition) is 7. The summed E-state index contributed by atoms with van der Waals surface area (Å²) < 4.78 is 11.3. The number of pyridine rings is 1. The molecule has 0 unspecified atom stereocenters. The van der Waals surface area contributed by atoms with Gasteiger partial charge < -0.3 is 19.5 Å². The molecule has 30 heavy (non-hydrogen) atoms. The molecule has 0 aliphatic carbocycles. The number of aryl methyl sites for hydroxylation is 4. The Morgan fingerprint density at radius 2 is 1.87 bits per heavy atom. The van der Waals surface area contributed by atoms with Crippen molar-refractivity contribution >= 4 is 0 Å². The van der Waals surface area contributed by atoms with Gasteiger partial charge >= 0.3 is 0 Å². The fourth-order valence-corrected chi connectivity index (χ4v) is 3.38. The molecule has 0 spiro atoms. The second kappa shape index (κ2) is 9.82. The second-order valence-electron chi connectivity index (χ2n) is 7.44.